The number of hydrogen-bond donors (Lipinski definition) is 1. The molecule has 1 aliphatic rings. The Morgan fingerprint density at radius 1 is 1.77 bits per heavy atom. The first-order valence-electron chi connectivity index (χ1n) is 4.10. The van der Waals surface area contributed by atoms with Gasteiger partial charge in [0, 0.05) is 12.0 Å². The summed E-state index contributed by atoms with van der Waals surface area (Å²) in [6.07, 6.45) is -0.829. The molecule has 1 atom stereocenters. The maximum absolute atomic E-state index is 10.8. The minimum atomic E-state index is -0.958. The predicted octanol–water partition coefficient (Wildman–Crippen LogP) is 0.726. The fourth-order valence-electron chi connectivity index (χ4n) is 1.25. The van der Waals surface area contributed by atoms with Crippen molar-refractivity contribution in [3.05, 3.63) is 12.6 Å². The summed E-state index contributed by atoms with van der Waals surface area (Å²) in [5, 5.41) is 8.87. The molecular weight excluding hydrogens is 171 g/mol. The van der Waals surface area contributed by atoms with E-state index in [0.717, 1.165) is 0 Å². The molecule has 0 amide bonds. The molecular formula is C8H13BO4. The topological polar surface area (TPSA) is 55.8 Å². The van der Waals surface area contributed by atoms with Crippen molar-refractivity contribution < 1.29 is 19.2 Å². The van der Waals surface area contributed by atoms with Crippen molar-refractivity contribution in [2.24, 2.45) is 5.41 Å². The summed E-state index contributed by atoms with van der Waals surface area (Å²) >= 11 is 0. The summed E-state index contributed by atoms with van der Waals surface area (Å²) in [5.41, 5.74) is -0.495. The van der Waals surface area contributed by atoms with Crippen LogP contribution in [0.4, 0.5) is 0 Å². The first-order valence-corrected chi connectivity index (χ1v) is 4.10. The van der Waals surface area contributed by atoms with Crippen molar-refractivity contribution in [3.63, 3.8) is 0 Å². The lowest BCUT2D eigenvalue weighted by atomic mass is 9.79. The Bertz CT molecular complexity index is 226. The molecule has 1 unspecified atom stereocenters. The Morgan fingerprint density at radius 3 is 2.85 bits per heavy atom. The normalized spacial score (nSPS) is 26.9. The number of carboxylic acid groups (broad SMARTS) is 1. The molecule has 72 valence electrons. The van der Waals surface area contributed by atoms with Gasteiger partial charge in [0.25, 0.3) is 0 Å². The van der Waals surface area contributed by atoms with Crippen molar-refractivity contribution >= 4 is 13.1 Å². The monoisotopic (exact) mass is 184 g/mol. The van der Waals surface area contributed by atoms with E-state index < -0.39 is 24.6 Å². The van der Waals surface area contributed by atoms with Gasteiger partial charge < -0.3 is 14.4 Å². The second kappa shape index (κ2) is 3.51. The fraction of sp³-hybridized carbons (Fsp3) is 0.625. The summed E-state index contributed by atoms with van der Waals surface area (Å²) < 4.78 is 10.4. The average Bonchev–Trinajstić information content (AvgIpc) is 2.03. The summed E-state index contributed by atoms with van der Waals surface area (Å²) in [5.74, 6) is 0.491. The molecule has 13 heavy (non-hydrogen) atoms. The predicted molar refractivity (Wildman–Crippen MR) is 48.2 cm³/mol. The molecule has 0 aliphatic carbocycles. The third kappa shape index (κ3) is 2.11. The zero-order valence-corrected chi connectivity index (χ0v) is 7.82. The van der Waals surface area contributed by atoms with Gasteiger partial charge in [-0.05, 0) is 0 Å². The Hall–Kier alpha value is -0.805. The average molecular weight is 184 g/mol. The van der Waals surface area contributed by atoms with Gasteiger partial charge in [-0.2, -0.15) is 0 Å². The SMILES string of the molecule is C=CB1OCC(C)(C)C(C(=O)O)O1. The van der Waals surface area contributed by atoms with Gasteiger partial charge in [0.2, 0.25) is 0 Å². The minimum absolute atomic E-state index is 0.362. The number of rotatable bonds is 2. The van der Waals surface area contributed by atoms with Crippen LogP contribution in [-0.2, 0) is 14.1 Å². The molecule has 0 aromatic rings. The summed E-state index contributed by atoms with van der Waals surface area (Å²) in [4.78, 5) is 10.8. The van der Waals surface area contributed by atoms with Gasteiger partial charge in [-0.1, -0.05) is 19.8 Å². The zero-order chi connectivity index (χ0) is 10.1. The minimum Gasteiger partial charge on any atom is -0.479 e. The number of aliphatic carboxylic acids is 1. The van der Waals surface area contributed by atoms with Gasteiger partial charge in [-0.3, -0.25) is 0 Å². The molecule has 1 rings (SSSR count). The molecule has 1 heterocycles. The lowest BCUT2D eigenvalue weighted by molar-refractivity contribution is -0.157. The molecule has 1 aliphatic heterocycles. The first kappa shape index (κ1) is 10.3. The van der Waals surface area contributed by atoms with E-state index >= 15 is 0 Å². The third-order valence-electron chi connectivity index (χ3n) is 2.02. The maximum Gasteiger partial charge on any atom is 0.486 e. The van der Waals surface area contributed by atoms with Crippen LogP contribution in [-0.4, -0.2) is 30.9 Å². The van der Waals surface area contributed by atoms with E-state index in [4.69, 9.17) is 14.4 Å². The number of carboxylic acids is 1. The second-order valence-corrected chi connectivity index (χ2v) is 3.76. The van der Waals surface area contributed by atoms with Crippen LogP contribution >= 0.6 is 0 Å². The third-order valence-corrected chi connectivity index (χ3v) is 2.02. The standard InChI is InChI=1S/C8H13BO4/c1-4-9-12-5-8(2,3)6(13-9)7(10)11/h4,6H,1,5H2,2-3H3,(H,10,11). The van der Waals surface area contributed by atoms with E-state index in [9.17, 15) is 4.79 Å². The highest BCUT2D eigenvalue weighted by molar-refractivity contribution is 6.51. The number of carbonyl (C=O) groups is 1. The van der Waals surface area contributed by atoms with Crippen LogP contribution in [0.3, 0.4) is 0 Å². The van der Waals surface area contributed by atoms with E-state index in [0.29, 0.717) is 6.61 Å². The molecule has 4 nitrogen and oxygen atoms in total. The smallest absolute Gasteiger partial charge is 0.479 e. The molecule has 0 saturated carbocycles. The largest absolute Gasteiger partial charge is 0.486 e. The molecule has 1 saturated heterocycles. The molecule has 0 bridgehead atoms. The Balaban J connectivity index is 2.74. The Kier molecular flexibility index (Phi) is 2.78. The lowest BCUT2D eigenvalue weighted by Crippen LogP contribution is -2.51. The van der Waals surface area contributed by atoms with E-state index in [1.807, 2.05) is 0 Å². The molecule has 0 aromatic carbocycles. The van der Waals surface area contributed by atoms with Crippen LogP contribution in [0.25, 0.3) is 0 Å². The van der Waals surface area contributed by atoms with Crippen LogP contribution in [0.5, 0.6) is 0 Å². The van der Waals surface area contributed by atoms with Gasteiger partial charge in [0.05, 0.1) is 0 Å². The first-order chi connectivity index (χ1) is 5.97. The molecule has 5 heteroatoms. The lowest BCUT2D eigenvalue weighted by Gasteiger charge is -2.37. The quantitative estimate of drug-likeness (QED) is 0.642. The van der Waals surface area contributed by atoms with Crippen LogP contribution in [0.1, 0.15) is 13.8 Å². The highest BCUT2D eigenvalue weighted by Gasteiger charge is 2.43. The van der Waals surface area contributed by atoms with Crippen molar-refractivity contribution in [2.45, 2.75) is 20.0 Å². The van der Waals surface area contributed by atoms with Crippen LogP contribution in [0.15, 0.2) is 12.6 Å². The van der Waals surface area contributed by atoms with Crippen LogP contribution < -0.4 is 0 Å². The molecule has 1 fully saturated rings. The van der Waals surface area contributed by atoms with E-state index in [2.05, 4.69) is 6.58 Å². The molecule has 1 N–H and O–H groups in total. The fourth-order valence-corrected chi connectivity index (χ4v) is 1.25. The van der Waals surface area contributed by atoms with Crippen LogP contribution in [0.2, 0.25) is 0 Å². The summed E-state index contributed by atoms with van der Waals surface area (Å²) in [6.45, 7) is 7.44. The van der Waals surface area contributed by atoms with E-state index in [1.54, 1.807) is 13.8 Å². The van der Waals surface area contributed by atoms with Gasteiger partial charge in [-0.15, -0.1) is 6.58 Å². The highest BCUT2D eigenvalue weighted by atomic mass is 16.6. The molecule has 0 aromatic heterocycles. The number of hydrogen-bond acceptors (Lipinski definition) is 3. The van der Waals surface area contributed by atoms with Crippen molar-refractivity contribution in [3.8, 4) is 0 Å². The van der Waals surface area contributed by atoms with Crippen molar-refractivity contribution in [1.82, 2.24) is 0 Å². The van der Waals surface area contributed by atoms with Crippen molar-refractivity contribution in [1.29, 1.82) is 0 Å². The molecule has 0 radical (unpaired) electrons. The van der Waals surface area contributed by atoms with Gasteiger partial charge >= 0.3 is 13.1 Å². The van der Waals surface area contributed by atoms with Gasteiger partial charge in [-0.25, -0.2) is 4.79 Å². The van der Waals surface area contributed by atoms with Gasteiger partial charge in [0.1, 0.15) is 6.10 Å². The highest BCUT2D eigenvalue weighted by Crippen LogP contribution is 2.29. The van der Waals surface area contributed by atoms with E-state index in [-0.39, 0.29) is 0 Å². The Morgan fingerprint density at radius 2 is 2.38 bits per heavy atom. The second-order valence-electron chi connectivity index (χ2n) is 3.76. The summed E-state index contributed by atoms with van der Waals surface area (Å²) in [7, 11) is -0.603. The molecule has 0 spiro atoms. The maximum atomic E-state index is 10.8. The van der Waals surface area contributed by atoms with Crippen molar-refractivity contribution in [2.75, 3.05) is 6.61 Å². The van der Waals surface area contributed by atoms with Crippen LogP contribution in [0, 0.1) is 5.41 Å². The van der Waals surface area contributed by atoms with Gasteiger partial charge in [0.15, 0.2) is 0 Å². The summed E-state index contributed by atoms with van der Waals surface area (Å²) in [6, 6.07) is 0. The Labute approximate surface area is 77.7 Å². The van der Waals surface area contributed by atoms with E-state index in [1.165, 1.54) is 5.98 Å². The zero-order valence-electron chi connectivity index (χ0n) is 7.82.